The van der Waals surface area contributed by atoms with Crippen molar-refractivity contribution in [3.63, 3.8) is 0 Å². The summed E-state index contributed by atoms with van der Waals surface area (Å²) in [5.74, 6) is 0.103. The molecule has 0 amide bonds. The van der Waals surface area contributed by atoms with Gasteiger partial charge in [-0.05, 0) is 18.9 Å². The van der Waals surface area contributed by atoms with Gasteiger partial charge in [0.15, 0.2) is 5.69 Å². The van der Waals surface area contributed by atoms with E-state index in [1.165, 1.54) is 19.2 Å². The molecule has 2 rings (SSSR count). The quantitative estimate of drug-likeness (QED) is 0.419. The molecule has 0 radical (unpaired) electrons. The van der Waals surface area contributed by atoms with Gasteiger partial charge in [-0.1, -0.05) is 6.92 Å². The largest absolute Gasteiger partial charge is 0.491 e. The minimum Gasteiger partial charge on any atom is -0.491 e. The normalized spacial score (nSPS) is 13.9. The Morgan fingerprint density at radius 1 is 1.46 bits per heavy atom. The van der Waals surface area contributed by atoms with Crippen molar-refractivity contribution in [3.05, 3.63) is 27.8 Å². The van der Waals surface area contributed by atoms with Gasteiger partial charge in [-0.2, -0.15) is 0 Å². The van der Waals surface area contributed by atoms with Crippen molar-refractivity contribution in [1.82, 2.24) is 0 Å². The number of benzene rings is 1. The van der Waals surface area contributed by atoms with Gasteiger partial charge in [-0.25, -0.2) is 4.79 Å². The van der Waals surface area contributed by atoms with Crippen LogP contribution >= 0.6 is 0 Å². The second-order valence-corrected chi connectivity index (χ2v) is 5.58. The molecule has 0 spiro atoms. The van der Waals surface area contributed by atoms with Gasteiger partial charge in [0.2, 0.25) is 0 Å². The topological polar surface area (TPSA) is 99.9 Å². The fraction of sp³-hybridized carbons (Fsp3) is 0.562. The molecule has 1 heterocycles. The van der Waals surface area contributed by atoms with Crippen LogP contribution in [0.15, 0.2) is 12.1 Å². The average Bonchev–Trinajstić information content (AvgIpc) is 2.54. The zero-order valence-electron chi connectivity index (χ0n) is 13.9. The van der Waals surface area contributed by atoms with Gasteiger partial charge in [-0.3, -0.25) is 10.1 Å². The van der Waals surface area contributed by atoms with Crippen LogP contribution in [0.5, 0.6) is 5.75 Å². The molecular formula is C16H22N2O6. The summed E-state index contributed by atoms with van der Waals surface area (Å²) in [6.07, 6.45) is 1.60. The Balaban J connectivity index is 2.27. The van der Waals surface area contributed by atoms with Crippen molar-refractivity contribution >= 4 is 17.3 Å². The zero-order chi connectivity index (χ0) is 17.5. The first-order valence-corrected chi connectivity index (χ1v) is 7.92. The molecule has 1 aromatic carbocycles. The van der Waals surface area contributed by atoms with E-state index in [2.05, 4.69) is 10.1 Å². The van der Waals surface area contributed by atoms with E-state index < -0.39 is 10.9 Å². The molecule has 1 aromatic rings. The lowest BCUT2D eigenvalue weighted by Gasteiger charge is -2.25. The Morgan fingerprint density at radius 3 is 2.75 bits per heavy atom. The summed E-state index contributed by atoms with van der Waals surface area (Å²) >= 11 is 0. The molecule has 1 N–H and O–H groups in total. The van der Waals surface area contributed by atoms with E-state index in [1.807, 2.05) is 6.92 Å². The van der Waals surface area contributed by atoms with Gasteiger partial charge >= 0.3 is 5.97 Å². The number of ether oxygens (including phenoxy) is 3. The first kappa shape index (κ1) is 18.0. The monoisotopic (exact) mass is 338 g/mol. The number of rotatable bonds is 9. The Bertz CT molecular complexity index is 600. The van der Waals surface area contributed by atoms with Crippen molar-refractivity contribution < 1.29 is 23.9 Å². The third-order valence-corrected chi connectivity index (χ3v) is 3.74. The number of methoxy groups -OCH3 is 1. The van der Waals surface area contributed by atoms with E-state index >= 15 is 0 Å². The van der Waals surface area contributed by atoms with E-state index in [0.29, 0.717) is 43.7 Å². The summed E-state index contributed by atoms with van der Waals surface area (Å²) in [6, 6.07) is 2.69. The molecule has 1 saturated heterocycles. The first-order chi connectivity index (χ1) is 11.6. The number of nitro benzene ring substituents is 1. The van der Waals surface area contributed by atoms with Crippen LogP contribution in [0.2, 0.25) is 0 Å². The average molecular weight is 338 g/mol. The van der Waals surface area contributed by atoms with Crippen LogP contribution in [-0.4, -0.2) is 44.4 Å². The SMILES string of the molecule is CCCNc1c(OCCC2COC2)cc(C(=O)OC)cc1[N+](=O)[O-]. The number of nitro groups is 1. The van der Waals surface area contributed by atoms with Crippen LogP contribution < -0.4 is 10.1 Å². The van der Waals surface area contributed by atoms with E-state index in [4.69, 9.17) is 9.47 Å². The van der Waals surface area contributed by atoms with Crippen molar-refractivity contribution in [2.75, 3.05) is 38.8 Å². The third-order valence-electron chi connectivity index (χ3n) is 3.74. The smallest absolute Gasteiger partial charge is 0.338 e. The molecule has 0 aliphatic carbocycles. The van der Waals surface area contributed by atoms with E-state index in [-0.39, 0.29) is 11.3 Å². The fourth-order valence-electron chi connectivity index (χ4n) is 2.31. The zero-order valence-corrected chi connectivity index (χ0v) is 13.9. The van der Waals surface area contributed by atoms with Gasteiger partial charge in [0.1, 0.15) is 5.75 Å². The standard InChI is InChI=1S/C16H22N2O6/c1-3-5-17-15-13(18(20)21)7-12(16(19)22-2)8-14(15)24-6-4-11-9-23-10-11/h7-8,11,17H,3-6,9-10H2,1-2H3. The molecule has 0 atom stereocenters. The number of carbonyl (C=O) groups is 1. The number of hydrogen-bond acceptors (Lipinski definition) is 7. The number of carbonyl (C=O) groups excluding carboxylic acids is 1. The van der Waals surface area contributed by atoms with Crippen LogP contribution in [0.25, 0.3) is 0 Å². The van der Waals surface area contributed by atoms with Crippen molar-refractivity contribution in [3.8, 4) is 5.75 Å². The summed E-state index contributed by atoms with van der Waals surface area (Å²) in [7, 11) is 1.23. The molecule has 1 fully saturated rings. The Labute approximate surface area is 140 Å². The summed E-state index contributed by atoms with van der Waals surface area (Å²) in [5, 5.41) is 14.4. The number of esters is 1. The number of nitrogens with zero attached hydrogens (tertiary/aromatic N) is 1. The minimum absolute atomic E-state index is 0.0909. The maximum absolute atomic E-state index is 11.8. The molecule has 1 aliphatic heterocycles. The lowest BCUT2D eigenvalue weighted by atomic mass is 10.1. The van der Waals surface area contributed by atoms with Gasteiger partial charge in [0, 0.05) is 18.5 Å². The molecule has 8 nitrogen and oxygen atoms in total. The van der Waals surface area contributed by atoms with Crippen molar-refractivity contribution in [2.45, 2.75) is 19.8 Å². The summed E-state index contributed by atoms with van der Waals surface area (Å²) in [4.78, 5) is 22.6. The molecular weight excluding hydrogens is 316 g/mol. The lowest BCUT2D eigenvalue weighted by Crippen LogP contribution is -2.28. The fourth-order valence-corrected chi connectivity index (χ4v) is 2.31. The summed E-state index contributed by atoms with van der Waals surface area (Å²) in [5.41, 5.74) is 0.181. The number of nitrogens with one attached hydrogen (secondary N) is 1. The molecule has 1 aliphatic rings. The maximum Gasteiger partial charge on any atom is 0.338 e. The van der Waals surface area contributed by atoms with Crippen LogP contribution in [0.1, 0.15) is 30.1 Å². The van der Waals surface area contributed by atoms with Gasteiger partial charge in [0.25, 0.3) is 5.69 Å². The van der Waals surface area contributed by atoms with E-state index in [0.717, 1.165) is 12.8 Å². The predicted molar refractivity (Wildman–Crippen MR) is 87.6 cm³/mol. The predicted octanol–water partition coefficient (Wildman–Crippen LogP) is 2.62. The lowest BCUT2D eigenvalue weighted by molar-refractivity contribution is -0.384. The Morgan fingerprint density at radius 2 is 2.21 bits per heavy atom. The Hall–Kier alpha value is -2.35. The van der Waals surface area contributed by atoms with Crippen LogP contribution in [0.3, 0.4) is 0 Å². The first-order valence-electron chi connectivity index (χ1n) is 7.92. The summed E-state index contributed by atoms with van der Waals surface area (Å²) in [6.45, 7) is 4.35. The second-order valence-electron chi connectivity index (χ2n) is 5.58. The molecule has 8 heteroatoms. The highest BCUT2D eigenvalue weighted by Crippen LogP contribution is 2.36. The summed E-state index contributed by atoms with van der Waals surface area (Å²) < 4.78 is 15.5. The molecule has 0 bridgehead atoms. The second kappa shape index (κ2) is 8.49. The molecule has 0 unspecified atom stereocenters. The molecule has 0 aromatic heterocycles. The van der Waals surface area contributed by atoms with Crippen LogP contribution in [0.4, 0.5) is 11.4 Å². The third kappa shape index (κ3) is 4.35. The van der Waals surface area contributed by atoms with Gasteiger partial charge in [0.05, 0.1) is 37.4 Å². The highest BCUT2D eigenvalue weighted by atomic mass is 16.6. The molecule has 132 valence electrons. The van der Waals surface area contributed by atoms with Crippen molar-refractivity contribution in [2.24, 2.45) is 5.92 Å². The maximum atomic E-state index is 11.8. The molecule has 24 heavy (non-hydrogen) atoms. The highest BCUT2D eigenvalue weighted by molar-refractivity contribution is 5.92. The highest BCUT2D eigenvalue weighted by Gasteiger charge is 2.24. The number of hydrogen-bond donors (Lipinski definition) is 1. The molecule has 0 saturated carbocycles. The minimum atomic E-state index is -0.641. The number of anilines is 1. The van der Waals surface area contributed by atoms with Crippen LogP contribution in [-0.2, 0) is 9.47 Å². The van der Waals surface area contributed by atoms with Crippen LogP contribution in [0, 0.1) is 16.0 Å². The van der Waals surface area contributed by atoms with E-state index in [1.54, 1.807) is 0 Å². The van der Waals surface area contributed by atoms with Gasteiger partial charge in [-0.15, -0.1) is 0 Å². The van der Waals surface area contributed by atoms with E-state index in [9.17, 15) is 14.9 Å². The Kier molecular flexibility index (Phi) is 6.36. The van der Waals surface area contributed by atoms with Gasteiger partial charge < -0.3 is 19.5 Å². The van der Waals surface area contributed by atoms with Crippen molar-refractivity contribution in [1.29, 1.82) is 0 Å².